The molecule has 21 heavy (non-hydrogen) atoms. The predicted molar refractivity (Wildman–Crippen MR) is 85.9 cm³/mol. The van der Waals surface area contributed by atoms with Crippen molar-refractivity contribution in [2.45, 2.75) is 0 Å². The van der Waals surface area contributed by atoms with Crippen molar-refractivity contribution in [1.82, 2.24) is 15.2 Å². The molecule has 2 aromatic carbocycles. The van der Waals surface area contributed by atoms with Gasteiger partial charge in [0.2, 0.25) is 4.80 Å². The second-order valence-electron chi connectivity index (χ2n) is 4.50. The van der Waals surface area contributed by atoms with Gasteiger partial charge in [-0.1, -0.05) is 53.3 Å². The van der Waals surface area contributed by atoms with Crippen LogP contribution < -0.4 is 4.80 Å². The smallest absolute Gasteiger partial charge is 0.232 e. The molecule has 0 aliphatic heterocycles. The van der Waals surface area contributed by atoms with Crippen molar-refractivity contribution in [1.29, 1.82) is 0 Å². The molecule has 0 fully saturated rings. The van der Waals surface area contributed by atoms with Gasteiger partial charge in [-0.25, -0.2) is 4.99 Å². The first-order chi connectivity index (χ1) is 10.3. The second kappa shape index (κ2) is 4.95. The average Bonchev–Trinajstić information content (AvgIpc) is 2.87. The summed E-state index contributed by atoms with van der Waals surface area (Å²) in [5, 5.41) is 10.1. The van der Waals surface area contributed by atoms with Gasteiger partial charge in [-0.15, -0.1) is 10.2 Å². The van der Waals surface area contributed by atoms with Crippen molar-refractivity contribution in [3.63, 3.8) is 0 Å². The molecule has 0 saturated heterocycles. The Morgan fingerprint density at radius 2 is 1.81 bits per heavy atom. The molecule has 2 aromatic heterocycles. The summed E-state index contributed by atoms with van der Waals surface area (Å²) in [5.41, 5.74) is 2.61. The van der Waals surface area contributed by atoms with Gasteiger partial charge in [0.15, 0.2) is 0 Å². The highest BCUT2D eigenvalue weighted by molar-refractivity contribution is 7.15. The standard InChI is InChI=1S/C15H9ClN4S/c16-10-6-2-4-8-12(10)18-15-20-19-13-9-5-1-3-7-11(9)17-14(13)21-15/h1-8,17H. The van der Waals surface area contributed by atoms with Crippen LogP contribution in [0.2, 0.25) is 5.02 Å². The lowest BCUT2D eigenvalue weighted by atomic mass is 10.2. The molecule has 0 radical (unpaired) electrons. The Labute approximate surface area is 128 Å². The zero-order valence-corrected chi connectivity index (χ0v) is 12.3. The molecule has 0 bridgehead atoms. The molecule has 102 valence electrons. The van der Waals surface area contributed by atoms with Crippen LogP contribution in [0.5, 0.6) is 0 Å². The number of hydrogen-bond acceptors (Lipinski definition) is 4. The fourth-order valence-corrected chi connectivity index (χ4v) is 3.17. The minimum Gasteiger partial charge on any atom is -0.345 e. The quantitative estimate of drug-likeness (QED) is 0.576. The van der Waals surface area contributed by atoms with Crippen molar-refractivity contribution in [3.8, 4) is 0 Å². The summed E-state index contributed by atoms with van der Waals surface area (Å²) in [4.78, 5) is 9.32. The maximum absolute atomic E-state index is 6.11. The van der Waals surface area contributed by atoms with Gasteiger partial charge in [0.1, 0.15) is 10.3 Å². The summed E-state index contributed by atoms with van der Waals surface area (Å²) in [6, 6.07) is 15.5. The zero-order chi connectivity index (χ0) is 14.2. The number of para-hydroxylation sites is 2. The molecule has 0 unspecified atom stereocenters. The molecule has 4 aromatic rings. The molecule has 0 spiro atoms. The molecule has 4 nitrogen and oxygen atoms in total. The molecule has 6 heteroatoms. The van der Waals surface area contributed by atoms with Gasteiger partial charge in [0.25, 0.3) is 0 Å². The van der Waals surface area contributed by atoms with E-state index in [-0.39, 0.29) is 0 Å². The Morgan fingerprint density at radius 1 is 1.00 bits per heavy atom. The molecule has 0 aliphatic rings. The third-order valence-corrected chi connectivity index (χ3v) is 4.32. The van der Waals surface area contributed by atoms with E-state index < -0.39 is 0 Å². The molecule has 0 aliphatic carbocycles. The largest absolute Gasteiger partial charge is 0.345 e. The lowest BCUT2D eigenvalue weighted by Gasteiger charge is -1.95. The zero-order valence-electron chi connectivity index (χ0n) is 10.7. The number of rotatable bonds is 1. The molecule has 4 rings (SSSR count). The van der Waals surface area contributed by atoms with Crippen LogP contribution in [0.15, 0.2) is 53.5 Å². The Morgan fingerprint density at radius 3 is 2.71 bits per heavy atom. The minimum absolute atomic E-state index is 0.571. The van der Waals surface area contributed by atoms with E-state index in [0.29, 0.717) is 15.5 Å². The van der Waals surface area contributed by atoms with E-state index in [2.05, 4.69) is 20.2 Å². The van der Waals surface area contributed by atoms with Gasteiger partial charge in [-0.3, -0.25) is 0 Å². The second-order valence-corrected chi connectivity index (χ2v) is 5.88. The highest BCUT2D eigenvalue weighted by atomic mass is 35.5. The molecule has 0 atom stereocenters. The summed E-state index contributed by atoms with van der Waals surface area (Å²) in [5.74, 6) is 0. The molecular formula is C15H9ClN4S. The maximum Gasteiger partial charge on any atom is 0.232 e. The van der Waals surface area contributed by atoms with E-state index in [0.717, 1.165) is 21.3 Å². The summed E-state index contributed by atoms with van der Waals surface area (Å²) < 4.78 is 0. The van der Waals surface area contributed by atoms with Gasteiger partial charge < -0.3 is 4.98 Å². The number of nitrogens with zero attached hydrogens (tertiary/aromatic N) is 3. The van der Waals surface area contributed by atoms with E-state index in [1.807, 2.05) is 42.5 Å². The van der Waals surface area contributed by atoms with Gasteiger partial charge in [-0.05, 0) is 18.2 Å². The number of H-pyrrole nitrogens is 1. The number of aromatic amines is 1. The van der Waals surface area contributed by atoms with Crippen LogP contribution in [0.1, 0.15) is 0 Å². The Balaban J connectivity index is 1.95. The van der Waals surface area contributed by atoms with Crippen LogP contribution in [-0.2, 0) is 0 Å². The number of halogens is 1. The first-order valence-corrected chi connectivity index (χ1v) is 7.54. The van der Waals surface area contributed by atoms with Crippen LogP contribution >= 0.6 is 22.9 Å². The topological polar surface area (TPSA) is 53.9 Å². The molecule has 1 N–H and O–H groups in total. The molecule has 0 amide bonds. The summed E-state index contributed by atoms with van der Waals surface area (Å²) >= 11 is 7.57. The van der Waals surface area contributed by atoms with Crippen LogP contribution in [0, 0.1) is 0 Å². The molecule has 0 saturated carbocycles. The first-order valence-electron chi connectivity index (χ1n) is 6.35. The third-order valence-electron chi connectivity index (χ3n) is 3.14. The highest BCUT2D eigenvalue weighted by Gasteiger charge is 2.06. The van der Waals surface area contributed by atoms with Crippen molar-refractivity contribution < 1.29 is 0 Å². The summed E-state index contributed by atoms with van der Waals surface area (Å²) in [6.07, 6.45) is 0. The third kappa shape index (κ3) is 2.20. The van der Waals surface area contributed by atoms with E-state index in [1.165, 1.54) is 11.3 Å². The SMILES string of the molecule is Clc1ccccc1N=c1nnc2c([nH]c3ccccc32)s1. The number of hydrogen-bond donors (Lipinski definition) is 1. The van der Waals surface area contributed by atoms with E-state index in [4.69, 9.17) is 11.6 Å². The fraction of sp³-hybridized carbons (Fsp3) is 0. The summed E-state index contributed by atoms with van der Waals surface area (Å²) in [6.45, 7) is 0. The summed E-state index contributed by atoms with van der Waals surface area (Å²) in [7, 11) is 0. The Hall–Kier alpha value is -2.24. The lowest BCUT2D eigenvalue weighted by Crippen LogP contribution is -2.04. The van der Waals surface area contributed by atoms with Crippen molar-refractivity contribution in [3.05, 3.63) is 58.4 Å². The molecule has 2 heterocycles. The van der Waals surface area contributed by atoms with Gasteiger partial charge in [-0.2, -0.15) is 0 Å². The monoisotopic (exact) mass is 312 g/mol. The predicted octanol–water partition coefficient (Wildman–Crippen LogP) is 4.06. The van der Waals surface area contributed by atoms with Crippen molar-refractivity contribution >= 4 is 49.9 Å². The van der Waals surface area contributed by atoms with Gasteiger partial charge in [0, 0.05) is 10.9 Å². The highest BCUT2D eigenvalue weighted by Crippen LogP contribution is 2.25. The van der Waals surface area contributed by atoms with Crippen LogP contribution in [0.4, 0.5) is 5.69 Å². The van der Waals surface area contributed by atoms with Crippen molar-refractivity contribution in [2.24, 2.45) is 4.99 Å². The van der Waals surface area contributed by atoms with Crippen molar-refractivity contribution in [2.75, 3.05) is 0 Å². The van der Waals surface area contributed by atoms with E-state index in [9.17, 15) is 0 Å². The number of benzene rings is 2. The average molecular weight is 313 g/mol. The van der Waals surface area contributed by atoms with Crippen LogP contribution in [0.3, 0.4) is 0 Å². The van der Waals surface area contributed by atoms with E-state index in [1.54, 1.807) is 6.07 Å². The minimum atomic E-state index is 0.571. The van der Waals surface area contributed by atoms with Gasteiger partial charge in [0.05, 0.1) is 10.7 Å². The maximum atomic E-state index is 6.11. The molecular weight excluding hydrogens is 304 g/mol. The lowest BCUT2D eigenvalue weighted by molar-refractivity contribution is 1.03. The van der Waals surface area contributed by atoms with Crippen LogP contribution in [0.25, 0.3) is 21.3 Å². The first kappa shape index (κ1) is 12.5. The Kier molecular flexibility index (Phi) is 2.94. The number of nitrogens with one attached hydrogen (secondary N) is 1. The fourth-order valence-electron chi connectivity index (χ4n) is 2.17. The van der Waals surface area contributed by atoms with Gasteiger partial charge >= 0.3 is 0 Å². The van der Waals surface area contributed by atoms with E-state index >= 15 is 0 Å². The Bertz CT molecular complexity index is 1020. The number of fused-ring (bicyclic) bond motifs is 3. The normalized spacial score (nSPS) is 12.3. The van der Waals surface area contributed by atoms with Crippen LogP contribution in [-0.4, -0.2) is 15.2 Å². The number of aromatic nitrogens is 3.